The Hall–Kier alpha value is -2.63. The Labute approximate surface area is 159 Å². The first-order chi connectivity index (χ1) is 12.9. The fourth-order valence-corrected chi connectivity index (χ4v) is 4.04. The summed E-state index contributed by atoms with van der Waals surface area (Å²) >= 11 is 0. The van der Waals surface area contributed by atoms with Crippen molar-refractivity contribution >= 4 is 29.6 Å². The van der Waals surface area contributed by atoms with Crippen LogP contribution in [0.25, 0.3) is 11.6 Å². The summed E-state index contributed by atoms with van der Waals surface area (Å²) in [6, 6.07) is 4.25. The van der Waals surface area contributed by atoms with Crippen molar-refractivity contribution < 1.29 is 5.11 Å². The smallest absolute Gasteiger partial charge is 0.238 e. The molecular weight excluding hydrogens is 338 g/mol. The van der Waals surface area contributed by atoms with Gasteiger partial charge in [0.05, 0.1) is 0 Å². The Morgan fingerprint density at radius 2 is 2.00 bits per heavy atom. The number of aromatic nitrogens is 3. The molecule has 0 unspecified atom stereocenters. The zero-order chi connectivity index (χ0) is 19.0. The highest BCUT2D eigenvalue weighted by Crippen LogP contribution is 2.38. The summed E-state index contributed by atoms with van der Waals surface area (Å²) in [6.07, 6.45) is 10.1. The summed E-state index contributed by atoms with van der Waals surface area (Å²) in [5.74, 6) is 2.10. The van der Waals surface area contributed by atoms with Crippen molar-refractivity contribution in [2.45, 2.75) is 52.5 Å². The second-order valence-corrected chi connectivity index (χ2v) is 8.61. The van der Waals surface area contributed by atoms with Gasteiger partial charge in [-0.1, -0.05) is 20.8 Å². The summed E-state index contributed by atoms with van der Waals surface area (Å²) in [5.41, 5.74) is 2.83. The third-order valence-electron chi connectivity index (χ3n) is 5.73. The number of aliphatic imine (C=N–C) groups is 1. The summed E-state index contributed by atoms with van der Waals surface area (Å²) in [6.45, 7) is 6.99. The fraction of sp³-hybridized carbons (Fsp3) is 0.476. The van der Waals surface area contributed by atoms with Gasteiger partial charge in [-0.15, -0.1) is 0 Å². The predicted molar refractivity (Wildman–Crippen MR) is 109 cm³/mol. The Balaban J connectivity index is 1.44. The van der Waals surface area contributed by atoms with Gasteiger partial charge >= 0.3 is 0 Å². The lowest BCUT2D eigenvalue weighted by Crippen LogP contribution is -2.31. The molecular formula is C21H27N5O. The summed E-state index contributed by atoms with van der Waals surface area (Å²) in [5, 5.41) is 13.7. The number of anilines is 1. The molecule has 1 aliphatic carbocycles. The number of aromatic amines is 1. The van der Waals surface area contributed by atoms with Crippen LogP contribution in [0, 0.1) is 11.3 Å². The molecule has 2 aromatic heterocycles. The number of pyridine rings is 1. The molecule has 1 saturated carbocycles. The van der Waals surface area contributed by atoms with Crippen molar-refractivity contribution in [2.24, 2.45) is 16.3 Å². The number of fused-ring (bicyclic) bond motifs is 1. The van der Waals surface area contributed by atoms with E-state index in [0.29, 0.717) is 28.9 Å². The van der Waals surface area contributed by atoms with Crippen LogP contribution in [-0.4, -0.2) is 32.3 Å². The minimum Gasteiger partial charge on any atom is -0.492 e. The van der Waals surface area contributed by atoms with Crippen LogP contribution in [0.2, 0.25) is 0 Å². The maximum Gasteiger partial charge on any atom is 0.238 e. The highest BCUT2D eigenvalue weighted by atomic mass is 16.3. The molecule has 0 saturated heterocycles. The van der Waals surface area contributed by atoms with Crippen molar-refractivity contribution in [2.75, 3.05) is 5.32 Å². The minimum atomic E-state index is -0.000817. The zero-order valence-electron chi connectivity index (χ0n) is 16.2. The van der Waals surface area contributed by atoms with Crippen LogP contribution in [0.3, 0.4) is 0 Å². The number of aromatic hydroxyl groups is 1. The number of imidazole rings is 1. The van der Waals surface area contributed by atoms with E-state index in [0.717, 1.165) is 29.9 Å². The third kappa shape index (κ3) is 3.75. The van der Waals surface area contributed by atoms with Crippen LogP contribution in [-0.2, 0) is 0 Å². The zero-order valence-corrected chi connectivity index (χ0v) is 16.2. The summed E-state index contributed by atoms with van der Waals surface area (Å²) in [7, 11) is 0. The molecule has 4 rings (SSSR count). The number of nitrogens with one attached hydrogen (secondary N) is 2. The molecule has 2 aliphatic rings. The molecule has 1 aliphatic heterocycles. The van der Waals surface area contributed by atoms with Crippen LogP contribution in [0.1, 0.15) is 57.7 Å². The highest BCUT2D eigenvalue weighted by Gasteiger charge is 2.30. The van der Waals surface area contributed by atoms with Gasteiger partial charge in [-0.3, -0.25) is 0 Å². The topological polar surface area (TPSA) is 86.2 Å². The number of hydrogen-bond donors (Lipinski definition) is 3. The molecule has 0 bridgehead atoms. The Morgan fingerprint density at radius 3 is 2.74 bits per heavy atom. The van der Waals surface area contributed by atoms with Gasteiger partial charge in [0, 0.05) is 29.6 Å². The lowest BCUT2D eigenvalue weighted by Gasteiger charge is -2.37. The normalized spacial score (nSPS) is 23.6. The molecule has 0 amide bonds. The third-order valence-corrected chi connectivity index (χ3v) is 5.73. The summed E-state index contributed by atoms with van der Waals surface area (Å²) < 4.78 is 0. The first-order valence-corrected chi connectivity index (χ1v) is 9.67. The van der Waals surface area contributed by atoms with Crippen LogP contribution < -0.4 is 5.32 Å². The molecule has 3 heterocycles. The Morgan fingerprint density at radius 1 is 1.22 bits per heavy atom. The van der Waals surface area contributed by atoms with Crippen molar-refractivity contribution in [3.8, 4) is 5.88 Å². The van der Waals surface area contributed by atoms with Crippen molar-refractivity contribution in [3.63, 3.8) is 0 Å². The van der Waals surface area contributed by atoms with E-state index in [1.807, 2.05) is 18.2 Å². The van der Waals surface area contributed by atoms with Gasteiger partial charge in [0.25, 0.3) is 0 Å². The molecule has 6 heteroatoms. The van der Waals surface area contributed by atoms with E-state index in [9.17, 15) is 5.11 Å². The maximum absolute atomic E-state index is 10.2. The number of rotatable bonds is 3. The average Bonchev–Trinajstić information content (AvgIpc) is 3.19. The number of H-pyrrole nitrogens is 1. The van der Waals surface area contributed by atoms with Gasteiger partial charge in [0.2, 0.25) is 11.8 Å². The van der Waals surface area contributed by atoms with Gasteiger partial charge in [-0.2, -0.15) is 4.98 Å². The summed E-state index contributed by atoms with van der Waals surface area (Å²) in [4.78, 5) is 16.0. The first kappa shape index (κ1) is 17.8. The van der Waals surface area contributed by atoms with E-state index < -0.39 is 0 Å². The van der Waals surface area contributed by atoms with Crippen LogP contribution in [0.5, 0.6) is 5.88 Å². The molecule has 27 heavy (non-hydrogen) atoms. The molecule has 2 aromatic rings. The molecule has 142 valence electrons. The van der Waals surface area contributed by atoms with E-state index in [2.05, 4.69) is 46.0 Å². The number of hydrogen-bond acceptors (Lipinski definition) is 5. The maximum atomic E-state index is 10.2. The van der Waals surface area contributed by atoms with Crippen molar-refractivity contribution in [1.82, 2.24) is 15.0 Å². The van der Waals surface area contributed by atoms with Gasteiger partial charge in [-0.05, 0) is 55.2 Å². The minimum absolute atomic E-state index is 0.000817. The quantitative estimate of drug-likeness (QED) is 0.730. The lowest BCUT2D eigenvalue weighted by atomic mass is 9.71. The molecule has 0 spiro atoms. The van der Waals surface area contributed by atoms with E-state index >= 15 is 0 Å². The second kappa shape index (κ2) is 6.83. The van der Waals surface area contributed by atoms with Crippen molar-refractivity contribution in [3.05, 3.63) is 29.6 Å². The molecule has 1 fully saturated rings. The van der Waals surface area contributed by atoms with E-state index in [1.165, 1.54) is 12.8 Å². The van der Waals surface area contributed by atoms with Crippen LogP contribution in [0.4, 0.5) is 11.8 Å². The van der Waals surface area contributed by atoms with E-state index in [-0.39, 0.29) is 5.88 Å². The van der Waals surface area contributed by atoms with E-state index in [4.69, 9.17) is 0 Å². The van der Waals surface area contributed by atoms with Gasteiger partial charge in [-0.25, -0.2) is 9.98 Å². The van der Waals surface area contributed by atoms with Crippen LogP contribution >= 0.6 is 0 Å². The average molecular weight is 365 g/mol. The molecule has 0 radical (unpaired) electrons. The van der Waals surface area contributed by atoms with Gasteiger partial charge in [0.15, 0.2) is 5.82 Å². The highest BCUT2D eigenvalue weighted by molar-refractivity contribution is 6.20. The Kier molecular flexibility index (Phi) is 4.50. The fourth-order valence-electron chi connectivity index (χ4n) is 4.04. The van der Waals surface area contributed by atoms with Gasteiger partial charge in [0.1, 0.15) is 5.69 Å². The Bertz CT molecular complexity index is 882. The SMILES string of the molecule is CC(C)(C)C1CCC(Nc2nc(O)c(/C=C3/C=Nc4ncccc43)[nH]2)CC1. The van der Waals surface area contributed by atoms with Crippen molar-refractivity contribution in [1.29, 1.82) is 0 Å². The van der Waals surface area contributed by atoms with Crippen LogP contribution in [0.15, 0.2) is 23.3 Å². The molecule has 6 nitrogen and oxygen atoms in total. The largest absolute Gasteiger partial charge is 0.492 e. The van der Waals surface area contributed by atoms with E-state index in [1.54, 1.807) is 12.4 Å². The standard InChI is InChI=1S/C21H27N5O/c1-21(2,3)14-6-8-15(9-7-14)24-20-25-17(19(27)26-20)11-13-12-23-18-16(13)5-4-10-22-18/h4-5,10-12,14-15,27H,6-9H2,1-3H3,(H2,24,25,26)/b13-11-. The first-order valence-electron chi connectivity index (χ1n) is 9.67. The lowest BCUT2D eigenvalue weighted by molar-refractivity contribution is 0.173. The second-order valence-electron chi connectivity index (χ2n) is 8.61. The molecule has 3 N–H and O–H groups in total. The van der Waals surface area contributed by atoms with Gasteiger partial charge < -0.3 is 15.4 Å². The molecule has 0 atom stereocenters. The number of allylic oxidation sites excluding steroid dienone is 1. The number of nitrogens with zero attached hydrogens (tertiary/aromatic N) is 3. The predicted octanol–water partition coefficient (Wildman–Crippen LogP) is 4.78. The molecule has 0 aromatic carbocycles. The monoisotopic (exact) mass is 365 g/mol.